The van der Waals surface area contributed by atoms with E-state index in [0.717, 1.165) is 89.0 Å². The molecule has 3 aliphatic rings. The summed E-state index contributed by atoms with van der Waals surface area (Å²) in [6.45, 7) is 6.61. The van der Waals surface area contributed by atoms with Crippen LogP contribution in [0.3, 0.4) is 0 Å². The summed E-state index contributed by atoms with van der Waals surface area (Å²) in [6, 6.07) is 6.78. The van der Waals surface area contributed by atoms with Crippen molar-refractivity contribution < 1.29 is 60.0 Å². The molecule has 4 rings (SSSR count). The highest BCUT2D eigenvalue weighted by Gasteiger charge is 2.42. The van der Waals surface area contributed by atoms with Crippen molar-refractivity contribution in [1.29, 1.82) is 0 Å². The molecule has 1 aromatic rings. The van der Waals surface area contributed by atoms with Crippen LogP contribution in [0.1, 0.15) is 167 Å². The molecular formula is C50H84O13S. The minimum absolute atomic E-state index is 0.00132. The van der Waals surface area contributed by atoms with Crippen molar-refractivity contribution in [3.8, 4) is 0 Å². The quantitative estimate of drug-likeness (QED) is 0.0270. The average molecular weight is 925 g/mol. The van der Waals surface area contributed by atoms with E-state index in [4.69, 9.17) is 46.8 Å². The Morgan fingerprint density at radius 1 is 0.625 bits per heavy atom. The Morgan fingerprint density at radius 2 is 1.09 bits per heavy atom. The van der Waals surface area contributed by atoms with Crippen LogP contribution >= 0.6 is 0 Å². The molecule has 1 aromatic carbocycles. The van der Waals surface area contributed by atoms with E-state index in [1.807, 2.05) is 19.9 Å². The Kier molecular flexibility index (Phi) is 26.6. The number of methoxy groups -OCH3 is 3. The lowest BCUT2D eigenvalue weighted by Crippen LogP contribution is -2.35. The second kappa shape index (κ2) is 31.1. The van der Waals surface area contributed by atoms with Gasteiger partial charge in [0.2, 0.25) is 0 Å². The van der Waals surface area contributed by atoms with Crippen LogP contribution in [0.5, 0.6) is 0 Å². The number of rotatable bonds is 37. The summed E-state index contributed by atoms with van der Waals surface area (Å²) in [5.74, 6) is -0.292. The first-order chi connectivity index (χ1) is 31.1. The molecule has 14 heteroatoms. The number of hydrogen-bond acceptors (Lipinski definition) is 13. The van der Waals surface area contributed by atoms with Crippen LogP contribution in [0, 0.1) is 6.92 Å². The molecular weight excluding hydrogens is 841 g/mol. The van der Waals surface area contributed by atoms with Crippen LogP contribution in [0.15, 0.2) is 40.8 Å². The zero-order chi connectivity index (χ0) is 46.0. The lowest BCUT2D eigenvalue weighted by atomic mass is 9.99. The van der Waals surface area contributed by atoms with Gasteiger partial charge in [-0.2, -0.15) is 8.42 Å². The Morgan fingerprint density at radius 3 is 1.62 bits per heavy atom. The zero-order valence-corrected chi connectivity index (χ0v) is 41.0. The number of carbonyl (C=O) groups excluding carboxylic acids is 1. The van der Waals surface area contributed by atoms with Crippen LogP contribution in [0.2, 0.25) is 0 Å². The van der Waals surface area contributed by atoms with Gasteiger partial charge in [-0.1, -0.05) is 108 Å². The van der Waals surface area contributed by atoms with Crippen LogP contribution in [0.4, 0.5) is 0 Å². The van der Waals surface area contributed by atoms with Gasteiger partial charge in [0.05, 0.1) is 53.7 Å². The lowest BCUT2D eigenvalue weighted by Gasteiger charge is -2.27. The van der Waals surface area contributed by atoms with Crippen LogP contribution < -0.4 is 0 Å². The fraction of sp³-hybridized carbons (Fsp3) is 0.820. The van der Waals surface area contributed by atoms with E-state index in [-0.39, 0.29) is 80.1 Å². The molecule has 3 heterocycles. The molecule has 9 atom stereocenters. The molecule has 0 bridgehead atoms. The molecule has 0 spiro atoms. The summed E-state index contributed by atoms with van der Waals surface area (Å²) >= 11 is 0. The number of benzene rings is 1. The van der Waals surface area contributed by atoms with Crippen LogP contribution in [0.25, 0.3) is 0 Å². The van der Waals surface area contributed by atoms with E-state index in [9.17, 15) is 13.2 Å². The van der Waals surface area contributed by atoms with Crippen LogP contribution in [-0.2, 0) is 61.7 Å². The molecule has 2 saturated heterocycles. The lowest BCUT2D eigenvalue weighted by molar-refractivity contribution is -0.158. The Bertz CT molecular complexity index is 1540. The van der Waals surface area contributed by atoms with E-state index < -0.39 is 16.2 Å². The summed E-state index contributed by atoms with van der Waals surface area (Å²) in [5.41, 5.74) is 1.61. The second-order valence-corrected chi connectivity index (χ2v) is 19.7. The summed E-state index contributed by atoms with van der Waals surface area (Å²) in [5, 5.41) is 0. The third kappa shape index (κ3) is 20.1. The number of unbranched alkanes of at least 4 members (excludes halogenated alkanes) is 10. The minimum Gasteiger partial charge on any atom is -0.455 e. The van der Waals surface area contributed by atoms with E-state index in [2.05, 4.69) is 6.92 Å². The SMILES string of the molecule is CCCCCCCCCC[C@@H](OCOC)[C@H]1CC[C@H]([C@H]2CC[C@H](C(CCCCC(CCCCCC(CC3=C[C@H](C)OC3=O)OCOC)OS(=O)(=O)c3ccc(C)cc3)OCOC)O2)O1. The van der Waals surface area contributed by atoms with E-state index in [1.165, 1.54) is 44.9 Å². The maximum Gasteiger partial charge on any atom is 0.334 e. The number of cyclic esters (lactones) is 1. The van der Waals surface area contributed by atoms with Crippen molar-refractivity contribution >= 4 is 16.1 Å². The molecule has 0 aromatic heterocycles. The summed E-state index contributed by atoms with van der Waals surface area (Å²) in [6.07, 6.45) is 22.9. The first kappa shape index (κ1) is 54.6. The number of ether oxygens (including phenoxy) is 9. The molecule has 0 amide bonds. The molecule has 64 heavy (non-hydrogen) atoms. The predicted molar refractivity (Wildman–Crippen MR) is 246 cm³/mol. The third-order valence-corrected chi connectivity index (χ3v) is 14.2. The van der Waals surface area contributed by atoms with Gasteiger partial charge in [0, 0.05) is 33.3 Å². The maximum absolute atomic E-state index is 13.5. The second-order valence-electron chi connectivity index (χ2n) is 18.2. The number of carbonyl (C=O) groups is 1. The minimum atomic E-state index is -3.96. The first-order valence-corrected chi connectivity index (χ1v) is 26.0. The maximum atomic E-state index is 13.5. The monoisotopic (exact) mass is 925 g/mol. The van der Waals surface area contributed by atoms with Gasteiger partial charge in [-0.3, -0.25) is 4.18 Å². The molecule has 368 valence electrons. The zero-order valence-electron chi connectivity index (χ0n) is 40.2. The molecule has 0 radical (unpaired) electrons. The highest BCUT2D eigenvalue weighted by atomic mass is 32.2. The van der Waals surface area contributed by atoms with Gasteiger partial charge in [-0.15, -0.1) is 0 Å². The fourth-order valence-electron chi connectivity index (χ4n) is 9.27. The standard InChI is InChI=1S/C50H84O13S/c1-7-8-9-10-11-12-13-17-23-44(58-36-55-5)46-29-31-48(61-46)49-32-30-47(62-49)45(59-37-56-6)24-19-18-21-41(63-64(52,53)43-27-25-38(2)26-28-43)20-15-14-16-22-42(57-35-54-4)34-40-33-39(3)60-50(40)51/h25-28,33,39,41-42,44-49H,7-24,29-32,34-37H2,1-6H3/t39-,41?,42?,44+,45?,46+,47+,48+,49+/m0/s1. The van der Waals surface area contributed by atoms with E-state index in [0.29, 0.717) is 24.8 Å². The summed E-state index contributed by atoms with van der Waals surface area (Å²) in [7, 11) is 0.921. The highest BCUT2D eigenvalue weighted by molar-refractivity contribution is 7.86. The molecule has 0 aliphatic carbocycles. The summed E-state index contributed by atoms with van der Waals surface area (Å²) < 4.78 is 85.6. The fourth-order valence-corrected chi connectivity index (χ4v) is 10.4. The van der Waals surface area contributed by atoms with E-state index >= 15 is 0 Å². The van der Waals surface area contributed by atoms with Crippen molar-refractivity contribution in [2.45, 2.75) is 228 Å². The van der Waals surface area contributed by atoms with Gasteiger partial charge in [0.25, 0.3) is 10.1 Å². The molecule has 0 N–H and O–H groups in total. The van der Waals surface area contributed by atoms with Crippen molar-refractivity contribution in [3.63, 3.8) is 0 Å². The van der Waals surface area contributed by atoms with Gasteiger partial charge in [-0.05, 0) is 89.8 Å². The normalized spacial score (nSPS) is 23.3. The Balaban J connectivity index is 1.26. The van der Waals surface area contributed by atoms with Crippen molar-refractivity contribution in [2.24, 2.45) is 0 Å². The Labute approximate surface area is 386 Å². The smallest absolute Gasteiger partial charge is 0.334 e. The topological polar surface area (TPSA) is 144 Å². The average Bonchev–Trinajstić information content (AvgIpc) is 4.04. The van der Waals surface area contributed by atoms with Crippen molar-refractivity contribution in [2.75, 3.05) is 41.7 Å². The Hall–Kier alpha value is -1.98. The molecule has 13 nitrogen and oxygen atoms in total. The van der Waals surface area contributed by atoms with Gasteiger partial charge in [-0.25, -0.2) is 4.79 Å². The first-order valence-electron chi connectivity index (χ1n) is 24.6. The molecule has 3 aliphatic heterocycles. The van der Waals surface area contributed by atoms with Gasteiger partial charge < -0.3 is 42.6 Å². The highest BCUT2D eigenvalue weighted by Crippen LogP contribution is 2.36. The predicted octanol–water partition coefficient (Wildman–Crippen LogP) is 10.4. The van der Waals surface area contributed by atoms with Crippen molar-refractivity contribution in [1.82, 2.24) is 0 Å². The van der Waals surface area contributed by atoms with Crippen molar-refractivity contribution in [3.05, 3.63) is 41.5 Å². The molecule has 2 fully saturated rings. The number of hydrogen-bond donors (Lipinski definition) is 0. The number of esters is 1. The van der Waals surface area contributed by atoms with Crippen LogP contribution in [-0.4, -0.2) is 111 Å². The largest absolute Gasteiger partial charge is 0.455 e. The molecule has 3 unspecified atom stereocenters. The number of aryl methyl sites for hydroxylation is 1. The van der Waals surface area contributed by atoms with E-state index in [1.54, 1.807) is 45.6 Å². The molecule has 0 saturated carbocycles. The van der Waals surface area contributed by atoms with Gasteiger partial charge >= 0.3 is 5.97 Å². The van der Waals surface area contributed by atoms with Gasteiger partial charge in [0.15, 0.2) is 0 Å². The summed E-state index contributed by atoms with van der Waals surface area (Å²) in [4.78, 5) is 12.4. The van der Waals surface area contributed by atoms with Gasteiger partial charge in [0.1, 0.15) is 26.5 Å². The third-order valence-electron chi connectivity index (χ3n) is 12.8.